The molecule has 1 atom stereocenters. The highest BCUT2D eigenvalue weighted by Gasteiger charge is 2.17. The van der Waals surface area contributed by atoms with Gasteiger partial charge in [-0.15, -0.1) is 0 Å². The molecular formula is C15H22N2O. The van der Waals surface area contributed by atoms with E-state index in [1.165, 1.54) is 29.7 Å². The first-order valence-corrected chi connectivity index (χ1v) is 7.01. The van der Waals surface area contributed by atoms with Gasteiger partial charge < -0.3 is 10.1 Å². The van der Waals surface area contributed by atoms with E-state index in [0.29, 0.717) is 6.10 Å². The zero-order chi connectivity index (χ0) is 12.4. The molecule has 0 spiro atoms. The first kappa shape index (κ1) is 12.0. The van der Waals surface area contributed by atoms with E-state index >= 15 is 0 Å². The van der Waals surface area contributed by atoms with Gasteiger partial charge in [-0.1, -0.05) is 12.1 Å². The molecule has 2 aliphatic heterocycles. The standard InChI is InChI=1S/C15H22N2O/c1-12-10-17(7-8-18-12)11-13-4-5-15-14(9-13)3-2-6-16-15/h4-5,9,12,16H,2-3,6-8,10-11H2,1H3. The van der Waals surface area contributed by atoms with Crippen molar-refractivity contribution < 1.29 is 4.74 Å². The van der Waals surface area contributed by atoms with Gasteiger partial charge in [-0.2, -0.15) is 0 Å². The van der Waals surface area contributed by atoms with Gasteiger partial charge in [0.15, 0.2) is 0 Å². The molecule has 1 saturated heterocycles. The molecule has 1 N–H and O–H groups in total. The predicted octanol–water partition coefficient (Wildman–Crippen LogP) is 2.27. The van der Waals surface area contributed by atoms with Crippen molar-refractivity contribution in [3.63, 3.8) is 0 Å². The molecule has 2 heterocycles. The largest absolute Gasteiger partial charge is 0.385 e. The molecule has 98 valence electrons. The fraction of sp³-hybridized carbons (Fsp3) is 0.600. The number of fused-ring (bicyclic) bond motifs is 1. The van der Waals surface area contributed by atoms with Crippen LogP contribution in [0.3, 0.4) is 0 Å². The van der Waals surface area contributed by atoms with Gasteiger partial charge in [-0.25, -0.2) is 0 Å². The number of aryl methyl sites for hydroxylation is 1. The van der Waals surface area contributed by atoms with Crippen LogP contribution in [0.25, 0.3) is 0 Å². The molecule has 2 aliphatic rings. The van der Waals surface area contributed by atoms with Crippen molar-refractivity contribution in [1.82, 2.24) is 4.90 Å². The molecule has 3 nitrogen and oxygen atoms in total. The van der Waals surface area contributed by atoms with Crippen molar-refractivity contribution in [1.29, 1.82) is 0 Å². The quantitative estimate of drug-likeness (QED) is 0.866. The second-order valence-electron chi connectivity index (χ2n) is 5.44. The topological polar surface area (TPSA) is 24.5 Å². The molecule has 1 fully saturated rings. The van der Waals surface area contributed by atoms with E-state index in [0.717, 1.165) is 32.8 Å². The highest BCUT2D eigenvalue weighted by molar-refractivity contribution is 5.54. The fourth-order valence-corrected chi connectivity index (χ4v) is 2.92. The zero-order valence-corrected chi connectivity index (χ0v) is 11.1. The summed E-state index contributed by atoms with van der Waals surface area (Å²) in [6, 6.07) is 6.88. The van der Waals surface area contributed by atoms with E-state index in [1.807, 2.05) is 0 Å². The molecular weight excluding hydrogens is 224 g/mol. The molecule has 0 aromatic heterocycles. The van der Waals surface area contributed by atoms with Crippen LogP contribution in [-0.2, 0) is 17.7 Å². The molecule has 0 radical (unpaired) electrons. The second-order valence-corrected chi connectivity index (χ2v) is 5.44. The Hall–Kier alpha value is -1.06. The molecule has 1 aromatic carbocycles. The predicted molar refractivity (Wildman–Crippen MR) is 73.9 cm³/mol. The molecule has 0 saturated carbocycles. The summed E-state index contributed by atoms with van der Waals surface area (Å²) in [5, 5.41) is 3.47. The number of anilines is 1. The van der Waals surface area contributed by atoms with Gasteiger partial charge >= 0.3 is 0 Å². The number of ether oxygens (including phenoxy) is 1. The lowest BCUT2D eigenvalue weighted by Crippen LogP contribution is -2.40. The van der Waals surface area contributed by atoms with E-state index in [9.17, 15) is 0 Å². The Morgan fingerprint density at radius 3 is 3.28 bits per heavy atom. The number of rotatable bonds is 2. The highest BCUT2D eigenvalue weighted by atomic mass is 16.5. The van der Waals surface area contributed by atoms with Crippen LogP contribution >= 0.6 is 0 Å². The zero-order valence-electron chi connectivity index (χ0n) is 11.1. The van der Waals surface area contributed by atoms with E-state index in [4.69, 9.17) is 4.74 Å². The molecule has 0 aliphatic carbocycles. The molecule has 0 amide bonds. The fourth-order valence-electron chi connectivity index (χ4n) is 2.92. The van der Waals surface area contributed by atoms with Crippen LogP contribution in [-0.4, -0.2) is 37.2 Å². The molecule has 3 rings (SSSR count). The van der Waals surface area contributed by atoms with Crippen LogP contribution in [0, 0.1) is 0 Å². The van der Waals surface area contributed by atoms with E-state index in [-0.39, 0.29) is 0 Å². The van der Waals surface area contributed by atoms with Crippen molar-refractivity contribution in [2.75, 3.05) is 31.6 Å². The van der Waals surface area contributed by atoms with Gasteiger partial charge in [-0.05, 0) is 37.0 Å². The van der Waals surface area contributed by atoms with Crippen LogP contribution in [0.1, 0.15) is 24.5 Å². The third-order valence-electron chi connectivity index (χ3n) is 3.84. The average Bonchev–Trinajstić information content (AvgIpc) is 2.39. The second kappa shape index (κ2) is 5.29. The number of hydrogen-bond acceptors (Lipinski definition) is 3. The summed E-state index contributed by atoms with van der Waals surface area (Å²) in [5.41, 5.74) is 4.26. The Morgan fingerprint density at radius 2 is 2.39 bits per heavy atom. The summed E-state index contributed by atoms with van der Waals surface area (Å²) in [4.78, 5) is 2.49. The third-order valence-corrected chi connectivity index (χ3v) is 3.84. The van der Waals surface area contributed by atoms with Gasteiger partial charge in [0.1, 0.15) is 0 Å². The first-order valence-electron chi connectivity index (χ1n) is 7.01. The summed E-state index contributed by atoms with van der Waals surface area (Å²) in [5.74, 6) is 0. The summed E-state index contributed by atoms with van der Waals surface area (Å²) in [6.07, 6.45) is 2.85. The minimum atomic E-state index is 0.373. The first-order chi connectivity index (χ1) is 8.81. The van der Waals surface area contributed by atoms with Crippen LogP contribution in [0.15, 0.2) is 18.2 Å². The maximum absolute atomic E-state index is 5.58. The lowest BCUT2D eigenvalue weighted by atomic mass is 10.0. The van der Waals surface area contributed by atoms with E-state index < -0.39 is 0 Å². The SMILES string of the molecule is CC1CN(Cc2ccc3c(c2)CCCN3)CCO1. The Bertz CT molecular complexity index is 419. The molecule has 3 heteroatoms. The maximum Gasteiger partial charge on any atom is 0.0674 e. The lowest BCUT2D eigenvalue weighted by Gasteiger charge is -2.31. The summed E-state index contributed by atoms with van der Waals surface area (Å²) < 4.78 is 5.58. The van der Waals surface area contributed by atoms with Gasteiger partial charge in [0, 0.05) is 31.9 Å². The Balaban J connectivity index is 1.69. The third kappa shape index (κ3) is 2.68. The monoisotopic (exact) mass is 246 g/mol. The van der Waals surface area contributed by atoms with Crippen molar-refractivity contribution >= 4 is 5.69 Å². The molecule has 1 unspecified atom stereocenters. The van der Waals surface area contributed by atoms with Crippen molar-refractivity contribution in [2.24, 2.45) is 0 Å². The van der Waals surface area contributed by atoms with Crippen molar-refractivity contribution in [3.05, 3.63) is 29.3 Å². The smallest absolute Gasteiger partial charge is 0.0674 e. The van der Waals surface area contributed by atoms with Crippen LogP contribution in [0.2, 0.25) is 0 Å². The van der Waals surface area contributed by atoms with Crippen LogP contribution in [0.4, 0.5) is 5.69 Å². The lowest BCUT2D eigenvalue weighted by molar-refractivity contribution is -0.0212. The van der Waals surface area contributed by atoms with Crippen molar-refractivity contribution in [2.45, 2.75) is 32.4 Å². The minimum Gasteiger partial charge on any atom is -0.385 e. The average molecular weight is 246 g/mol. The Morgan fingerprint density at radius 1 is 1.44 bits per heavy atom. The highest BCUT2D eigenvalue weighted by Crippen LogP contribution is 2.23. The summed E-state index contributed by atoms with van der Waals surface area (Å²) >= 11 is 0. The normalized spacial score (nSPS) is 24.4. The number of nitrogens with one attached hydrogen (secondary N) is 1. The molecule has 0 bridgehead atoms. The number of hydrogen-bond donors (Lipinski definition) is 1. The number of nitrogens with zero attached hydrogens (tertiary/aromatic N) is 1. The van der Waals surface area contributed by atoms with Crippen molar-refractivity contribution in [3.8, 4) is 0 Å². The summed E-state index contributed by atoms with van der Waals surface area (Å²) in [6.45, 7) is 7.31. The summed E-state index contributed by atoms with van der Waals surface area (Å²) in [7, 11) is 0. The Labute approximate surface area is 109 Å². The van der Waals surface area contributed by atoms with Gasteiger partial charge in [-0.3, -0.25) is 4.90 Å². The minimum absolute atomic E-state index is 0.373. The van der Waals surface area contributed by atoms with Gasteiger partial charge in [0.2, 0.25) is 0 Å². The van der Waals surface area contributed by atoms with Gasteiger partial charge in [0.05, 0.1) is 12.7 Å². The molecule has 18 heavy (non-hydrogen) atoms. The van der Waals surface area contributed by atoms with Gasteiger partial charge in [0.25, 0.3) is 0 Å². The van der Waals surface area contributed by atoms with E-state index in [1.54, 1.807) is 0 Å². The number of morpholine rings is 1. The van der Waals surface area contributed by atoms with Crippen LogP contribution < -0.4 is 5.32 Å². The van der Waals surface area contributed by atoms with E-state index in [2.05, 4.69) is 35.3 Å². The molecule has 1 aromatic rings. The Kier molecular flexibility index (Phi) is 3.52. The van der Waals surface area contributed by atoms with Crippen LogP contribution in [0.5, 0.6) is 0 Å². The maximum atomic E-state index is 5.58. The number of benzene rings is 1.